The minimum Gasteiger partial charge on any atom is -0.471 e. The molecule has 0 saturated carbocycles. The molecule has 0 atom stereocenters. The van der Waals surface area contributed by atoms with Crippen LogP contribution in [0.1, 0.15) is 27.9 Å². The van der Waals surface area contributed by atoms with E-state index >= 15 is 0 Å². The van der Waals surface area contributed by atoms with Crippen molar-refractivity contribution in [2.45, 2.75) is 20.2 Å². The minimum absolute atomic E-state index is 0.0412. The lowest BCUT2D eigenvalue weighted by molar-refractivity contribution is 0.0594. The van der Waals surface area contributed by atoms with Crippen LogP contribution in [0.3, 0.4) is 0 Å². The Labute approximate surface area is 155 Å². The molecule has 0 aliphatic heterocycles. The monoisotopic (exact) mass is 369 g/mol. The van der Waals surface area contributed by atoms with Gasteiger partial charge in [-0.25, -0.2) is 9.48 Å². The van der Waals surface area contributed by atoms with Gasteiger partial charge in [-0.3, -0.25) is 9.48 Å². The van der Waals surface area contributed by atoms with Gasteiger partial charge < -0.3 is 14.8 Å². The third kappa shape index (κ3) is 4.32. The Morgan fingerprint density at radius 3 is 2.59 bits per heavy atom. The molecule has 9 heteroatoms. The molecule has 1 N–H and O–H groups in total. The van der Waals surface area contributed by atoms with E-state index < -0.39 is 11.9 Å². The number of carbonyl (C=O) groups is 2. The van der Waals surface area contributed by atoms with Crippen molar-refractivity contribution in [3.63, 3.8) is 0 Å². The number of hydrogen-bond donors (Lipinski definition) is 1. The van der Waals surface area contributed by atoms with Crippen molar-refractivity contribution in [1.82, 2.24) is 19.6 Å². The van der Waals surface area contributed by atoms with E-state index in [4.69, 9.17) is 9.47 Å². The van der Waals surface area contributed by atoms with Crippen molar-refractivity contribution in [3.8, 4) is 5.75 Å². The predicted molar refractivity (Wildman–Crippen MR) is 96.5 cm³/mol. The first-order valence-corrected chi connectivity index (χ1v) is 8.29. The fraction of sp³-hybridized carbons (Fsp3) is 0.222. The lowest BCUT2D eigenvalue weighted by atomic mass is 10.3. The zero-order valence-electron chi connectivity index (χ0n) is 15.0. The van der Waals surface area contributed by atoms with Gasteiger partial charge in [0.05, 0.1) is 12.8 Å². The molecule has 0 aliphatic rings. The van der Waals surface area contributed by atoms with E-state index in [2.05, 4.69) is 15.5 Å². The fourth-order valence-corrected chi connectivity index (χ4v) is 2.32. The van der Waals surface area contributed by atoms with E-state index in [-0.39, 0.29) is 23.8 Å². The van der Waals surface area contributed by atoms with E-state index in [0.29, 0.717) is 12.3 Å². The molecule has 2 heterocycles. The Hall–Kier alpha value is -3.62. The van der Waals surface area contributed by atoms with Crippen LogP contribution in [0.2, 0.25) is 0 Å². The zero-order valence-corrected chi connectivity index (χ0v) is 15.0. The molecule has 0 unspecified atom stereocenters. The van der Waals surface area contributed by atoms with E-state index in [1.54, 1.807) is 18.5 Å². The second-order valence-corrected chi connectivity index (χ2v) is 5.52. The van der Waals surface area contributed by atoms with Gasteiger partial charge in [-0.15, -0.1) is 0 Å². The first kappa shape index (κ1) is 18.2. The van der Waals surface area contributed by atoms with Gasteiger partial charge in [-0.05, 0) is 25.1 Å². The van der Waals surface area contributed by atoms with Crippen LogP contribution in [0.4, 0.5) is 5.69 Å². The number of ether oxygens (including phenoxy) is 2. The van der Waals surface area contributed by atoms with Crippen LogP contribution in [0.5, 0.6) is 5.75 Å². The standard InChI is InChI=1S/C18H19N5O4/c1-3-22-11-15(16(21-22)18(25)26-2)19-17(24)14-9-10-23(20-14)12-27-13-7-5-4-6-8-13/h4-11H,3,12H2,1-2H3,(H,19,24). The summed E-state index contributed by atoms with van der Waals surface area (Å²) in [5, 5.41) is 10.9. The van der Waals surface area contributed by atoms with E-state index in [1.807, 2.05) is 37.3 Å². The first-order valence-electron chi connectivity index (χ1n) is 8.29. The second-order valence-electron chi connectivity index (χ2n) is 5.52. The van der Waals surface area contributed by atoms with Gasteiger partial charge in [0.2, 0.25) is 0 Å². The zero-order chi connectivity index (χ0) is 19.2. The van der Waals surface area contributed by atoms with E-state index in [9.17, 15) is 9.59 Å². The summed E-state index contributed by atoms with van der Waals surface area (Å²) in [6.45, 7) is 2.58. The number of methoxy groups -OCH3 is 1. The van der Waals surface area contributed by atoms with E-state index in [1.165, 1.54) is 16.5 Å². The van der Waals surface area contributed by atoms with Crippen LogP contribution in [-0.2, 0) is 18.0 Å². The van der Waals surface area contributed by atoms with Crippen LogP contribution in [0, 0.1) is 0 Å². The number of esters is 1. The number of hydrogen-bond acceptors (Lipinski definition) is 6. The number of para-hydroxylation sites is 1. The molecule has 9 nitrogen and oxygen atoms in total. The van der Waals surface area contributed by atoms with Gasteiger partial charge >= 0.3 is 5.97 Å². The van der Waals surface area contributed by atoms with Gasteiger partial charge in [0.25, 0.3) is 5.91 Å². The van der Waals surface area contributed by atoms with Crippen LogP contribution in [-0.4, -0.2) is 38.5 Å². The van der Waals surface area contributed by atoms with Crippen molar-refractivity contribution in [3.05, 3.63) is 60.2 Å². The lowest BCUT2D eigenvalue weighted by Crippen LogP contribution is -2.16. The molecule has 1 amide bonds. The minimum atomic E-state index is -0.626. The Balaban J connectivity index is 1.68. The van der Waals surface area contributed by atoms with Crippen molar-refractivity contribution < 1.29 is 19.1 Å². The second kappa shape index (κ2) is 8.17. The van der Waals surface area contributed by atoms with Crippen molar-refractivity contribution in [1.29, 1.82) is 0 Å². The average molecular weight is 369 g/mol. The molecule has 3 rings (SSSR count). The van der Waals surface area contributed by atoms with E-state index in [0.717, 1.165) is 0 Å². The summed E-state index contributed by atoms with van der Waals surface area (Å²) in [5.74, 6) is -0.387. The van der Waals surface area contributed by atoms with Gasteiger partial charge in [0.15, 0.2) is 18.1 Å². The summed E-state index contributed by atoms with van der Waals surface area (Å²) in [6, 6.07) is 10.9. The van der Waals surface area contributed by atoms with Crippen LogP contribution in [0.15, 0.2) is 48.8 Å². The van der Waals surface area contributed by atoms with Gasteiger partial charge in [-0.2, -0.15) is 10.2 Å². The number of amides is 1. The SMILES string of the molecule is CCn1cc(NC(=O)c2ccn(COc3ccccc3)n2)c(C(=O)OC)n1. The molecule has 0 saturated heterocycles. The topological polar surface area (TPSA) is 100 Å². The molecule has 140 valence electrons. The maximum absolute atomic E-state index is 12.4. The summed E-state index contributed by atoms with van der Waals surface area (Å²) in [6.07, 6.45) is 3.20. The number of aromatic nitrogens is 4. The summed E-state index contributed by atoms with van der Waals surface area (Å²) in [7, 11) is 1.26. The number of benzene rings is 1. The highest BCUT2D eigenvalue weighted by atomic mass is 16.5. The van der Waals surface area contributed by atoms with Crippen molar-refractivity contribution >= 4 is 17.6 Å². The molecule has 27 heavy (non-hydrogen) atoms. The molecule has 1 aromatic carbocycles. The average Bonchev–Trinajstić information content (AvgIpc) is 3.33. The smallest absolute Gasteiger partial charge is 0.360 e. The molecule has 0 aliphatic carbocycles. The summed E-state index contributed by atoms with van der Waals surface area (Å²) in [4.78, 5) is 24.3. The third-order valence-electron chi connectivity index (χ3n) is 3.69. The Morgan fingerprint density at radius 2 is 1.89 bits per heavy atom. The van der Waals surface area contributed by atoms with Crippen LogP contribution in [0.25, 0.3) is 0 Å². The summed E-state index contributed by atoms with van der Waals surface area (Å²) < 4.78 is 13.3. The third-order valence-corrected chi connectivity index (χ3v) is 3.69. The van der Waals surface area contributed by atoms with Crippen molar-refractivity contribution in [2.24, 2.45) is 0 Å². The number of nitrogens with zero attached hydrogens (tertiary/aromatic N) is 4. The normalized spacial score (nSPS) is 10.4. The molecular weight excluding hydrogens is 350 g/mol. The first-order chi connectivity index (χ1) is 13.1. The highest BCUT2D eigenvalue weighted by Crippen LogP contribution is 2.16. The Kier molecular flexibility index (Phi) is 5.50. The van der Waals surface area contributed by atoms with Gasteiger partial charge in [0, 0.05) is 18.9 Å². The number of rotatable bonds is 7. The predicted octanol–water partition coefficient (Wildman–Crippen LogP) is 2.17. The number of nitrogens with one attached hydrogen (secondary N) is 1. The molecule has 2 aromatic heterocycles. The Morgan fingerprint density at radius 1 is 1.11 bits per heavy atom. The maximum Gasteiger partial charge on any atom is 0.360 e. The summed E-state index contributed by atoms with van der Waals surface area (Å²) >= 11 is 0. The molecule has 3 aromatic rings. The molecule has 0 radical (unpaired) electrons. The number of aryl methyl sites for hydroxylation is 1. The molecule has 0 spiro atoms. The molecule has 0 bridgehead atoms. The maximum atomic E-state index is 12.4. The lowest BCUT2D eigenvalue weighted by Gasteiger charge is -2.05. The molecular formula is C18H19N5O4. The van der Waals surface area contributed by atoms with Gasteiger partial charge in [0.1, 0.15) is 5.75 Å². The fourth-order valence-electron chi connectivity index (χ4n) is 2.32. The highest BCUT2D eigenvalue weighted by molar-refractivity contribution is 6.06. The quantitative estimate of drug-likeness (QED) is 0.641. The van der Waals surface area contributed by atoms with Crippen LogP contribution >= 0.6 is 0 Å². The highest BCUT2D eigenvalue weighted by Gasteiger charge is 2.20. The van der Waals surface area contributed by atoms with Gasteiger partial charge in [-0.1, -0.05) is 18.2 Å². The van der Waals surface area contributed by atoms with Crippen molar-refractivity contribution in [2.75, 3.05) is 12.4 Å². The largest absolute Gasteiger partial charge is 0.471 e. The number of anilines is 1. The Bertz CT molecular complexity index is 932. The van der Waals surface area contributed by atoms with Crippen LogP contribution < -0.4 is 10.1 Å². The summed E-state index contributed by atoms with van der Waals surface area (Å²) in [5.41, 5.74) is 0.495. The number of carbonyl (C=O) groups excluding carboxylic acids is 2. The molecule has 0 fully saturated rings.